The summed E-state index contributed by atoms with van der Waals surface area (Å²) in [5.74, 6) is -0.321. The maximum atomic E-state index is 12.0. The zero-order chi connectivity index (χ0) is 15.4. The van der Waals surface area contributed by atoms with E-state index in [1.807, 2.05) is 26.0 Å². The Kier molecular flexibility index (Phi) is 4.37. The predicted molar refractivity (Wildman–Crippen MR) is 81.4 cm³/mol. The van der Waals surface area contributed by atoms with Gasteiger partial charge >= 0.3 is 6.03 Å². The number of H-pyrrole nitrogens is 1. The molecule has 2 aromatic rings. The summed E-state index contributed by atoms with van der Waals surface area (Å²) in [5.41, 5.74) is -0.0636. The number of benzene rings is 1. The molecule has 6 nitrogen and oxygen atoms in total. The number of nitrogens with zero attached hydrogens (tertiary/aromatic N) is 1. The van der Waals surface area contributed by atoms with Gasteiger partial charge in [0.15, 0.2) is 0 Å². The second-order valence-corrected chi connectivity index (χ2v) is 4.31. The van der Waals surface area contributed by atoms with Gasteiger partial charge < -0.3 is 4.98 Å². The van der Waals surface area contributed by atoms with Crippen molar-refractivity contribution in [2.75, 3.05) is 11.4 Å². The van der Waals surface area contributed by atoms with Crippen LogP contribution in [0.5, 0.6) is 0 Å². The standard InChI is InChI=1S/C13H11N3O3.C2H6/c17-10-5-6-16(13(19)15-10)11-9-4-2-1-3-8(9)7-14-12(11)18;1-2/h1-4,7H,5-6H2,(H,14,18)(H,15,17,19);1-2H3. The summed E-state index contributed by atoms with van der Waals surface area (Å²) >= 11 is 0. The third-order valence-corrected chi connectivity index (χ3v) is 3.11. The number of anilines is 1. The number of amides is 3. The van der Waals surface area contributed by atoms with Gasteiger partial charge in [0.25, 0.3) is 5.56 Å². The molecule has 0 bridgehead atoms. The normalized spacial score (nSPS) is 14.5. The van der Waals surface area contributed by atoms with Gasteiger partial charge in [0.05, 0.1) is 0 Å². The van der Waals surface area contributed by atoms with E-state index >= 15 is 0 Å². The molecule has 0 saturated carbocycles. The molecule has 2 N–H and O–H groups in total. The average Bonchev–Trinajstić information content (AvgIpc) is 2.50. The van der Waals surface area contributed by atoms with Crippen LogP contribution in [0.4, 0.5) is 10.5 Å². The number of carbonyl (C=O) groups excluding carboxylic acids is 2. The maximum Gasteiger partial charge on any atom is 0.328 e. The van der Waals surface area contributed by atoms with Gasteiger partial charge in [-0.15, -0.1) is 0 Å². The maximum absolute atomic E-state index is 12.0. The minimum absolute atomic E-state index is 0.189. The first kappa shape index (κ1) is 14.8. The molecule has 2 heterocycles. The van der Waals surface area contributed by atoms with Gasteiger partial charge in [0.1, 0.15) is 5.69 Å². The molecule has 0 spiro atoms. The van der Waals surface area contributed by atoms with Crippen molar-refractivity contribution in [2.24, 2.45) is 0 Å². The molecule has 110 valence electrons. The molecule has 0 aliphatic carbocycles. The first-order valence-corrected chi connectivity index (χ1v) is 6.88. The van der Waals surface area contributed by atoms with Crippen molar-refractivity contribution in [3.8, 4) is 0 Å². The molecular formula is C15H17N3O3. The Morgan fingerprint density at radius 1 is 1.10 bits per heavy atom. The third-order valence-electron chi connectivity index (χ3n) is 3.11. The Morgan fingerprint density at radius 3 is 2.52 bits per heavy atom. The Hall–Kier alpha value is -2.63. The lowest BCUT2D eigenvalue weighted by Gasteiger charge is -2.26. The van der Waals surface area contributed by atoms with Crippen LogP contribution in [-0.4, -0.2) is 23.5 Å². The van der Waals surface area contributed by atoms with Gasteiger partial charge in [0.2, 0.25) is 5.91 Å². The van der Waals surface area contributed by atoms with E-state index in [0.29, 0.717) is 5.39 Å². The molecule has 1 aliphatic rings. The smallest absolute Gasteiger partial charge is 0.327 e. The van der Waals surface area contributed by atoms with Crippen LogP contribution in [0.3, 0.4) is 0 Å². The average molecular weight is 287 g/mol. The van der Waals surface area contributed by atoms with E-state index in [2.05, 4.69) is 10.3 Å². The number of nitrogens with one attached hydrogen (secondary N) is 2. The Morgan fingerprint density at radius 2 is 1.81 bits per heavy atom. The fourth-order valence-electron chi connectivity index (χ4n) is 2.22. The molecule has 0 radical (unpaired) electrons. The highest BCUT2D eigenvalue weighted by Crippen LogP contribution is 2.23. The molecular weight excluding hydrogens is 270 g/mol. The van der Waals surface area contributed by atoms with Gasteiger partial charge in [-0.25, -0.2) is 4.79 Å². The van der Waals surface area contributed by atoms with Crippen molar-refractivity contribution in [2.45, 2.75) is 20.3 Å². The van der Waals surface area contributed by atoms with Crippen molar-refractivity contribution in [3.63, 3.8) is 0 Å². The van der Waals surface area contributed by atoms with Crippen LogP contribution in [0, 0.1) is 0 Å². The minimum atomic E-state index is -0.557. The van der Waals surface area contributed by atoms with Crippen LogP contribution in [0.2, 0.25) is 0 Å². The molecule has 1 aromatic heterocycles. The van der Waals surface area contributed by atoms with Crippen LogP contribution >= 0.6 is 0 Å². The number of aromatic nitrogens is 1. The van der Waals surface area contributed by atoms with Crippen molar-refractivity contribution >= 4 is 28.4 Å². The highest BCUT2D eigenvalue weighted by molar-refractivity contribution is 6.09. The second-order valence-electron chi connectivity index (χ2n) is 4.31. The van der Waals surface area contributed by atoms with Crippen molar-refractivity contribution < 1.29 is 9.59 Å². The predicted octanol–water partition coefficient (Wildman–Crippen LogP) is 2.00. The van der Waals surface area contributed by atoms with Gasteiger partial charge in [-0.2, -0.15) is 0 Å². The Balaban J connectivity index is 0.000000774. The van der Waals surface area contributed by atoms with E-state index in [1.165, 1.54) is 4.90 Å². The first-order valence-electron chi connectivity index (χ1n) is 6.88. The lowest BCUT2D eigenvalue weighted by molar-refractivity contribution is -0.120. The van der Waals surface area contributed by atoms with E-state index in [1.54, 1.807) is 18.3 Å². The largest absolute Gasteiger partial charge is 0.328 e. The Labute approximate surface area is 121 Å². The number of hydrogen-bond donors (Lipinski definition) is 2. The molecule has 0 unspecified atom stereocenters. The van der Waals surface area contributed by atoms with Gasteiger partial charge in [-0.05, 0) is 0 Å². The zero-order valence-corrected chi connectivity index (χ0v) is 12.0. The summed E-state index contributed by atoms with van der Waals surface area (Å²) in [4.78, 5) is 38.9. The number of imide groups is 1. The molecule has 6 heteroatoms. The van der Waals surface area contributed by atoms with Gasteiger partial charge in [0, 0.05) is 29.9 Å². The number of fused-ring (bicyclic) bond motifs is 1. The van der Waals surface area contributed by atoms with Gasteiger partial charge in [-0.1, -0.05) is 38.1 Å². The summed E-state index contributed by atoms with van der Waals surface area (Å²) in [7, 11) is 0. The first-order chi connectivity index (χ1) is 10.2. The molecule has 0 atom stereocenters. The number of pyridine rings is 1. The molecule has 1 fully saturated rings. The summed E-state index contributed by atoms with van der Waals surface area (Å²) < 4.78 is 0. The molecule has 3 amide bonds. The molecule has 21 heavy (non-hydrogen) atoms. The van der Waals surface area contributed by atoms with E-state index in [0.717, 1.165) is 5.39 Å². The van der Waals surface area contributed by atoms with Crippen LogP contribution in [0.15, 0.2) is 35.3 Å². The highest BCUT2D eigenvalue weighted by Gasteiger charge is 2.27. The summed E-state index contributed by atoms with van der Waals surface area (Å²) in [6, 6.07) is 6.73. The van der Waals surface area contributed by atoms with E-state index < -0.39 is 6.03 Å². The quantitative estimate of drug-likeness (QED) is 0.841. The summed E-state index contributed by atoms with van der Waals surface area (Å²) in [6.07, 6.45) is 1.79. The topological polar surface area (TPSA) is 82.3 Å². The third kappa shape index (κ3) is 2.79. The molecule has 1 saturated heterocycles. The number of urea groups is 1. The van der Waals surface area contributed by atoms with E-state index in [9.17, 15) is 14.4 Å². The molecule has 3 rings (SSSR count). The van der Waals surface area contributed by atoms with Crippen LogP contribution in [0.1, 0.15) is 20.3 Å². The number of rotatable bonds is 1. The fraction of sp³-hybridized carbons (Fsp3) is 0.267. The summed E-state index contributed by atoms with van der Waals surface area (Å²) in [6.45, 7) is 4.21. The second kappa shape index (κ2) is 6.21. The van der Waals surface area contributed by atoms with Crippen molar-refractivity contribution in [3.05, 3.63) is 40.8 Å². The highest BCUT2D eigenvalue weighted by atomic mass is 16.2. The molecule has 1 aromatic carbocycles. The monoisotopic (exact) mass is 287 g/mol. The Bertz CT molecular complexity index is 736. The molecule has 1 aliphatic heterocycles. The number of hydrogen-bond acceptors (Lipinski definition) is 3. The van der Waals surface area contributed by atoms with Gasteiger partial charge in [-0.3, -0.25) is 19.8 Å². The van der Waals surface area contributed by atoms with Crippen LogP contribution < -0.4 is 15.8 Å². The van der Waals surface area contributed by atoms with E-state index in [-0.39, 0.29) is 30.1 Å². The SMILES string of the molecule is CC.O=C1CCN(c2c(=O)[nH]cc3ccccc23)C(=O)N1. The lowest BCUT2D eigenvalue weighted by Crippen LogP contribution is -2.51. The van der Waals surface area contributed by atoms with Crippen LogP contribution in [0.25, 0.3) is 10.8 Å². The van der Waals surface area contributed by atoms with E-state index in [4.69, 9.17) is 0 Å². The lowest BCUT2D eigenvalue weighted by atomic mass is 10.1. The van der Waals surface area contributed by atoms with Crippen LogP contribution in [-0.2, 0) is 4.79 Å². The number of carbonyl (C=O) groups is 2. The van der Waals surface area contributed by atoms with Crippen molar-refractivity contribution in [1.29, 1.82) is 0 Å². The minimum Gasteiger partial charge on any atom is -0.327 e. The fourth-order valence-corrected chi connectivity index (χ4v) is 2.22. The summed E-state index contributed by atoms with van der Waals surface area (Å²) in [5, 5.41) is 3.74. The zero-order valence-electron chi connectivity index (χ0n) is 12.0. The van der Waals surface area contributed by atoms with Crippen molar-refractivity contribution in [1.82, 2.24) is 10.3 Å². The number of aromatic amines is 1.